The van der Waals surface area contributed by atoms with E-state index in [0.29, 0.717) is 18.9 Å². The maximum absolute atomic E-state index is 6.12. The third kappa shape index (κ3) is 5.18. The molecule has 2 aromatic carbocycles. The standard InChI is InChI=1S/C23H26N4O/c1-28-22-14-18(15-24)8-10-19(22)9-5-17-6-11-20(12-7-17)23(25)27-16-21-4-2-3-13-26-21/h2-4,6-8,10-14H,5,9,15-16,24H2,1H3,(H2,25,27). The summed E-state index contributed by atoms with van der Waals surface area (Å²) in [5.74, 6) is 1.42. The number of aryl methyl sites for hydroxylation is 2. The molecule has 0 saturated carbocycles. The first-order valence-corrected chi connectivity index (χ1v) is 9.34. The summed E-state index contributed by atoms with van der Waals surface area (Å²) in [6.07, 6.45) is 3.58. The Morgan fingerprint density at radius 2 is 1.79 bits per heavy atom. The number of ether oxygens (including phenoxy) is 1. The molecule has 0 aliphatic carbocycles. The van der Waals surface area contributed by atoms with Crippen molar-refractivity contribution in [3.8, 4) is 5.75 Å². The number of hydrogen-bond acceptors (Lipinski definition) is 4. The number of amidine groups is 1. The summed E-state index contributed by atoms with van der Waals surface area (Å²) in [6.45, 7) is 0.994. The zero-order chi connectivity index (χ0) is 19.8. The average molecular weight is 374 g/mol. The van der Waals surface area contributed by atoms with Gasteiger partial charge in [-0.3, -0.25) is 9.98 Å². The Hall–Kier alpha value is -3.18. The fraction of sp³-hybridized carbons (Fsp3) is 0.217. The van der Waals surface area contributed by atoms with Crippen LogP contribution >= 0.6 is 0 Å². The van der Waals surface area contributed by atoms with Crippen molar-refractivity contribution < 1.29 is 4.74 Å². The van der Waals surface area contributed by atoms with Crippen molar-refractivity contribution in [1.82, 2.24) is 4.98 Å². The monoisotopic (exact) mass is 374 g/mol. The van der Waals surface area contributed by atoms with E-state index < -0.39 is 0 Å². The summed E-state index contributed by atoms with van der Waals surface area (Å²) >= 11 is 0. The van der Waals surface area contributed by atoms with Gasteiger partial charge in [-0.2, -0.15) is 0 Å². The first-order chi connectivity index (χ1) is 13.7. The summed E-state index contributed by atoms with van der Waals surface area (Å²) in [4.78, 5) is 8.69. The SMILES string of the molecule is COc1cc(CN)ccc1CCc1ccc(C(N)=NCc2ccccn2)cc1. The average Bonchev–Trinajstić information content (AvgIpc) is 2.77. The van der Waals surface area contributed by atoms with Crippen molar-refractivity contribution >= 4 is 5.84 Å². The lowest BCUT2D eigenvalue weighted by molar-refractivity contribution is 0.409. The van der Waals surface area contributed by atoms with E-state index in [4.69, 9.17) is 16.2 Å². The zero-order valence-corrected chi connectivity index (χ0v) is 16.1. The first kappa shape index (κ1) is 19.6. The molecule has 28 heavy (non-hydrogen) atoms. The van der Waals surface area contributed by atoms with Crippen LogP contribution in [0.5, 0.6) is 5.75 Å². The topological polar surface area (TPSA) is 86.5 Å². The van der Waals surface area contributed by atoms with Gasteiger partial charge in [0.05, 0.1) is 19.3 Å². The van der Waals surface area contributed by atoms with Gasteiger partial charge >= 0.3 is 0 Å². The van der Waals surface area contributed by atoms with E-state index in [2.05, 4.69) is 34.2 Å². The lowest BCUT2D eigenvalue weighted by atomic mass is 10.0. The Morgan fingerprint density at radius 1 is 1.00 bits per heavy atom. The second-order valence-corrected chi connectivity index (χ2v) is 6.57. The number of pyridine rings is 1. The molecule has 4 N–H and O–H groups in total. The van der Waals surface area contributed by atoms with Crippen molar-refractivity contribution in [1.29, 1.82) is 0 Å². The molecule has 0 amide bonds. The van der Waals surface area contributed by atoms with Gasteiger partial charge in [-0.25, -0.2) is 0 Å². The fourth-order valence-corrected chi connectivity index (χ4v) is 2.99. The van der Waals surface area contributed by atoms with Crippen LogP contribution < -0.4 is 16.2 Å². The highest BCUT2D eigenvalue weighted by Crippen LogP contribution is 2.22. The van der Waals surface area contributed by atoms with Gasteiger partial charge in [0, 0.05) is 18.3 Å². The summed E-state index contributed by atoms with van der Waals surface area (Å²) < 4.78 is 5.50. The number of methoxy groups -OCH3 is 1. The summed E-state index contributed by atoms with van der Waals surface area (Å²) in [7, 11) is 1.70. The highest BCUT2D eigenvalue weighted by molar-refractivity contribution is 5.97. The molecule has 1 heterocycles. The lowest BCUT2D eigenvalue weighted by Gasteiger charge is -2.10. The van der Waals surface area contributed by atoms with E-state index in [-0.39, 0.29) is 0 Å². The predicted molar refractivity (Wildman–Crippen MR) is 113 cm³/mol. The smallest absolute Gasteiger partial charge is 0.126 e. The van der Waals surface area contributed by atoms with Crippen LogP contribution in [0.3, 0.4) is 0 Å². The fourth-order valence-electron chi connectivity index (χ4n) is 2.99. The van der Waals surface area contributed by atoms with Gasteiger partial charge in [-0.15, -0.1) is 0 Å². The minimum absolute atomic E-state index is 0.479. The largest absolute Gasteiger partial charge is 0.496 e. The van der Waals surface area contributed by atoms with Crippen molar-refractivity contribution in [2.45, 2.75) is 25.9 Å². The van der Waals surface area contributed by atoms with Gasteiger partial charge < -0.3 is 16.2 Å². The number of aliphatic imine (C=N–C) groups is 1. The highest BCUT2D eigenvalue weighted by Gasteiger charge is 2.06. The van der Waals surface area contributed by atoms with E-state index in [1.807, 2.05) is 36.4 Å². The van der Waals surface area contributed by atoms with Crippen LogP contribution in [0, 0.1) is 0 Å². The number of aromatic nitrogens is 1. The number of benzene rings is 2. The molecule has 0 saturated heterocycles. The van der Waals surface area contributed by atoms with Gasteiger partial charge in [0.15, 0.2) is 0 Å². The minimum atomic E-state index is 0.479. The van der Waals surface area contributed by atoms with Crippen LogP contribution in [0.25, 0.3) is 0 Å². The van der Waals surface area contributed by atoms with Crippen molar-refractivity contribution in [2.24, 2.45) is 16.5 Å². The van der Waals surface area contributed by atoms with Crippen LogP contribution in [0.2, 0.25) is 0 Å². The lowest BCUT2D eigenvalue weighted by Crippen LogP contribution is -2.13. The summed E-state index contributed by atoms with van der Waals surface area (Å²) in [5.41, 5.74) is 17.1. The molecule has 5 nitrogen and oxygen atoms in total. The second-order valence-electron chi connectivity index (χ2n) is 6.57. The normalized spacial score (nSPS) is 11.4. The van der Waals surface area contributed by atoms with Crippen LogP contribution in [0.15, 0.2) is 71.9 Å². The highest BCUT2D eigenvalue weighted by atomic mass is 16.5. The molecule has 0 spiro atoms. The quantitative estimate of drug-likeness (QED) is 0.468. The second kappa shape index (κ2) is 9.67. The molecule has 0 aliphatic rings. The third-order valence-corrected chi connectivity index (χ3v) is 4.66. The molecule has 0 radical (unpaired) electrons. The maximum atomic E-state index is 6.12. The molecule has 3 aromatic rings. The van der Waals surface area contributed by atoms with E-state index in [1.165, 1.54) is 11.1 Å². The summed E-state index contributed by atoms with van der Waals surface area (Å²) in [5, 5.41) is 0. The van der Waals surface area contributed by atoms with Crippen LogP contribution in [0.4, 0.5) is 0 Å². The van der Waals surface area contributed by atoms with E-state index >= 15 is 0 Å². The van der Waals surface area contributed by atoms with Crippen molar-refractivity contribution in [3.63, 3.8) is 0 Å². The van der Waals surface area contributed by atoms with Gasteiger partial charge in [-0.05, 0) is 47.7 Å². The molecule has 0 unspecified atom stereocenters. The molecule has 3 rings (SSSR count). The number of nitrogens with two attached hydrogens (primary N) is 2. The third-order valence-electron chi connectivity index (χ3n) is 4.66. The molecule has 0 atom stereocenters. The molecule has 0 fully saturated rings. The van der Waals surface area contributed by atoms with E-state index in [0.717, 1.165) is 35.4 Å². The first-order valence-electron chi connectivity index (χ1n) is 9.34. The Kier molecular flexibility index (Phi) is 6.76. The van der Waals surface area contributed by atoms with Gasteiger partial charge in [0.25, 0.3) is 0 Å². The summed E-state index contributed by atoms with van der Waals surface area (Å²) in [6, 6.07) is 20.2. The molecule has 144 valence electrons. The number of rotatable bonds is 8. The molecule has 5 heteroatoms. The minimum Gasteiger partial charge on any atom is -0.496 e. The number of nitrogens with zero attached hydrogens (tertiary/aromatic N) is 2. The Labute approximate surface area is 166 Å². The molecular weight excluding hydrogens is 348 g/mol. The van der Waals surface area contributed by atoms with Crippen LogP contribution in [-0.4, -0.2) is 17.9 Å². The van der Waals surface area contributed by atoms with Crippen molar-refractivity contribution in [2.75, 3.05) is 7.11 Å². The molecule has 0 aliphatic heterocycles. The van der Waals surface area contributed by atoms with Gasteiger partial charge in [0.1, 0.15) is 11.6 Å². The number of hydrogen-bond donors (Lipinski definition) is 2. The molecule has 0 bridgehead atoms. The van der Waals surface area contributed by atoms with Gasteiger partial charge in [0.2, 0.25) is 0 Å². The van der Waals surface area contributed by atoms with Crippen LogP contribution in [0.1, 0.15) is 27.9 Å². The molecule has 1 aromatic heterocycles. The Bertz CT molecular complexity index is 921. The van der Waals surface area contributed by atoms with Crippen molar-refractivity contribution in [3.05, 3.63) is 94.8 Å². The van der Waals surface area contributed by atoms with E-state index in [9.17, 15) is 0 Å². The molecular formula is C23H26N4O. The maximum Gasteiger partial charge on any atom is 0.126 e. The van der Waals surface area contributed by atoms with Gasteiger partial charge in [-0.1, -0.05) is 42.5 Å². The zero-order valence-electron chi connectivity index (χ0n) is 16.1. The van der Waals surface area contributed by atoms with E-state index in [1.54, 1.807) is 13.3 Å². The Balaban J connectivity index is 1.61. The Morgan fingerprint density at radius 3 is 2.46 bits per heavy atom. The van der Waals surface area contributed by atoms with Crippen LogP contribution in [-0.2, 0) is 25.9 Å². The predicted octanol–water partition coefficient (Wildman–Crippen LogP) is 3.24.